The van der Waals surface area contributed by atoms with Crippen molar-refractivity contribution in [3.63, 3.8) is 0 Å². The lowest BCUT2D eigenvalue weighted by Gasteiger charge is -2.22. The number of rotatable bonds is 7. The molecule has 0 fully saturated rings. The summed E-state index contributed by atoms with van der Waals surface area (Å²) in [5, 5.41) is 31.6. The smallest absolute Gasteiger partial charge is 0.294 e. The third-order valence-corrected chi connectivity index (χ3v) is 4.95. The van der Waals surface area contributed by atoms with Gasteiger partial charge in [-0.15, -0.1) is 0 Å². The molecule has 0 spiro atoms. The third kappa shape index (κ3) is 5.97. The summed E-state index contributed by atoms with van der Waals surface area (Å²) in [6.45, 7) is 6.08. The first-order chi connectivity index (χ1) is 13.4. The lowest BCUT2D eigenvalue weighted by molar-refractivity contribution is -0.577. The largest absolute Gasteiger partial charge is 0.502 e. The van der Waals surface area contributed by atoms with E-state index in [0.29, 0.717) is 30.0 Å². The van der Waals surface area contributed by atoms with Crippen LogP contribution in [0.2, 0.25) is 0 Å². The van der Waals surface area contributed by atoms with E-state index < -0.39 is 15.5 Å². The highest BCUT2D eigenvalue weighted by Gasteiger charge is 2.24. The molecule has 9 nitrogen and oxygen atoms in total. The van der Waals surface area contributed by atoms with Crippen molar-refractivity contribution in [1.82, 2.24) is 0 Å². The molecular weight excluding hydrogens is 398 g/mol. The maximum absolute atomic E-state index is 11.3. The number of nitrogens with two attached hydrogens (primary N) is 1. The molecule has 0 unspecified atom stereocenters. The summed E-state index contributed by atoms with van der Waals surface area (Å²) in [6, 6.07) is 3.29. The number of hydrogen-bond donors (Lipinski definition) is 5. The minimum absolute atomic E-state index is 0.00505. The van der Waals surface area contributed by atoms with E-state index >= 15 is 0 Å². The molecule has 1 aromatic carbocycles. The van der Waals surface area contributed by atoms with Crippen molar-refractivity contribution < 1.29 is 33.3 Å². The lowest BCUT2D eigenvalue weighted by Crippen LogP contribution is -2.72. The molecule has 10 heteroatoms. The van der Waals surface area contributed by atoms with Gasteiger partial charge in [-0.05, 0) is 29.7 Å². The minimum Gasteiger partial charge on any atom is -0.502 e. The normalized spacial score (nSPS) is 16.2. The number of aromatic hydroxyl groups is 1. The van der Waals surface area contributed by atoms with Gasteiger partial charge < -0.3 is 14.9 Å². The van der Waals surface area contributed by atoms with Gasteiger partial charge in [-0.3, -0.25) is 9.96 Å². The SMILES string of the molecule is CC(C)(C)c1cc(OCCCO)cc([NH2+]N=C2C=C(S(=O)(=O)O)C=CC2=N)c1O. The molecule has 0 heterocycles. The molecule has 0 atom stereocenters. The Morgan fingerprint density at radius 1 is 1.24 bits per heavy atom. The maximum atomic E-state index is 11.3. The minimum atomic E-state index is -4.43. The van der Waals surface area contributed by atoms with Crippen molar-refractivity contribution >= 4 is 27.2 Å². The molecule has 0 aliphatic heterocycles. The van der Waals surface area contributed by atoms with Crippen LogP contribution in [0.1, 0.15) is 32.8 Å². The molecule has 2 rings (SSSR count). The van der Waals surface area contributed by atoms with Gasteiger partial charge in [-0.2, -0.15) is 13.8 Å². The average molecular weight is 424 g/mol. The van der Waals surface area contributed by atoms with E-state index in [9.17, 15) is 18.1 Å². The van der Waals surface area contributed by atoms with E-state index in [1.54, 1.807) is 12.1 Å². The number of nitrogens with zero attached hydrogens (tertiary/aromatic N) is 1. The monoisotopic (exact) mass is 424 g/mol. The Hall–Kier alpha value is -2.53. The second kappa shape index (κ2) is 8.87. The summed E-state index contributed by atoms with van der Waals surface area (Å²) >= 11 is 0. The predicted octanol–water partition coefficient (Wildman–Crippen LogP) is 1.36. The Kier molecular flexibility index (Phi) is 6.96. The molecule has 0 saturated heterocycles. The van der Waals surface area contributed by atoms with Crippen LogP contribution in [0.5, 0.6) is 11.5 Å². The van der Waals surface area contributed by atoms with E-state index in [2.05, 4.69) is 5.10 Å². The third-order valence-electron chi connectivity index (χ3n) is 4.10. The number of phenolic OH excluding ortho intramolecular Hbond substituents is 1. The fourth-order valence-corrected chi connectivity index (χ4v) is 3.06. The van der Waals surface area contributed by atoms with Gasteiger partial charge >= 0.3 is 0 Å². The topological polar surface area (TPSA) is 157 Å². The molecule has 1 aliphatic rings. The number of aliphatic hydroxyl groups is 1. The van der Waals surface area contributed by atoms with Gasteiger partial charge in [0.2, 0.25) is 5.69 Å². The first kappa shape index (κ1) is 22.8. The van der Waals surface area contributed by atoms with E-state index in [-0.39, 0.29) is 28.7 Å². The zero-order valence-corrected chi connectivity index (χ0v) is 17.3. The quantitative estimate of drug-likeness (QED) is 0.0846. The predicted molar refractivity (Wildman–Crippen MR) is 110 cm³/mol. The number of nitrogens with one attached hydrogen (secondary N) is 1. The van der Waals surface area contributed by atoms with Crippen LogP contribution in [0.15, 0.2) is 40.4 Å². The van der Waals surface area contributed by atoms with Crippen molar-refractivity contribution in [3.05, 3.63) is 40.8 Å². The Morgan fingerprint density at radius 3 is 2.52 bits per heavy atom. The summed E-state index contributed by atoms with van der Waals surface area (Å²) < 4.78 is 37.5. The zero-order valence-electron chi connectivity index (χ0n) is 16.5. The number of benzene rings is 1. The summed E-state index contributed by atoms with van der Waals surface area (Å²) in [7, 11) is -4.43. The molecule has 6 N–H and O–H groups in total. The molecule has 0 radical (unpaired) electrons. The molecule has 1 aliphatic carbocycles. The van der Waals surface area contributed by atoms with Crippen LogP contribution in [0, 0.1) is 5.41 Å². The van der Waals surface area contributed by atoms with Gasteiger partial charge in [0.15, 0.2) is 5.75 Å². The molecule has 158 valence electrons. The van der Waals surface area contributed by atoms with Gasteiger partial charge in [0, 0.05) is 24.7 Å². The summed E-state index contributed by atoms with van der Waals surface area (Å²) in [6.07, 6.45) is 3.86. The van der Waals surface area contributed by atoms with Crippen LogP contribution in [-0.2, 0) is 15.5 Å². The first-order valence-corrected chi connectivity index (χ1v) is 10.4. The number of quaternary nitrogens is 1. The Bertz CT molecular complexity index is 988. The van der Waals surface area contributed by atoms with Crippen molar-refractivity contribution in [1.29, 1.82) is 5.41 Å². The highest BCUT2D eigenvalue weighted by atomic mass is 32.2. The van der Waals surface area contributed by atoms with Gasteiger partial charge in [0.05, 0.1) is 17.2 Å². The Balaban J connectivity index is 2.41. The average Bonchev–Trinajstić information content (AvgIpc) is 2.61. The van der Waals surface area contributed by atoms with Gasteiger partial charge in [-0.1, -0.05) is 25.9 Å². The molecule has 0 saturated carbocycles. The maximum Gasteiger partial charge on any atom is 0.294 e. The summed E-state index contributed by atoms with van der Waals surface area (Å²) in [5.41, 5.74) is 1.84. The van der Waals surface area contributed by atoms with Crippen LogP contribution in [0.25, 0.3) is 0 Å². The van der Waals surface area contributed by atoms with E-state index in [1.807, 2.05) is 20.8 Å². The Labute approximate surface area is 169 Å². The summed E-state index contributed by atoms with van der Waals surface area (Å²) in [5.74, 6) is 0.480. The highest BCUT2D eigenvalue weighted by Crippen LogP contribution is 2.37. The number of phenols is 1. The molecule has 0 aromatic heterocycles. The highest BCUT2D eigenvalue weighted by molar-refractivity contribution is 7.90. The second-order valence-corrected chi connectivity index (χ2v) is 8.92. The molecular formula is C19H26N3O6S+. The number of aliphatic hydroxyl groups excluding tert-OH is 1. The van der Waals surface area contributed by atoms with Gasteiger partial charge in [0.25, 0.3) is 10.1 Å². The standard InChI is InChI=1S/C19H25N3O6S/c1-19(2,3)14-9-12(28-8-4-7-23)10-17(18(14)24)22-21-16-11-13(29(25,26)27)5-6-15(16)20/h5-6,9-11,20,22-24H,4,7-8H2,1-3H3,(H,25,26,27)/p+1. The van der Waals surface area contributed by atoms with Crippen LogP contribution in [0.4, 0.5) is 5.69 Å². The van der Waals surface area contributed by atoms with Crippen molar-refractivity contribution in [2.45, 2.75) is 32.6 Å². The molecule has 1 aromatic rings. The Morgan fingerprint density at radius 2 is 1.93 bits per heavy atom. The number of allylic oxidation sites excluding steroid dienone is 3. The van der Waals surface area contributed by atoms with Crippen molar-refractivity contribution in [2.24, 2.45) is 5.10 Å². The van der Waals surface area contributed by atoms with Crippen molar-refractivity contribution in [2.75, 3.05) is 13.2 Å². The number of ether oxygens (including phenoxy) is 1. The fraction of sp³-hybridized carbons (Fsp3) is 0.368. The zero-order chi connectivity index (χ0) is 21.8. The van der Waals surface area contributed by atoms with Crippen LogP contribution < -0.4 is 10.2 Å². The first-order valence-electron chi connectivity index (χ1n) is 8.92. The fourth-order valence-electron chi connectivity index (χ4n) is 2.56. The van der Waals surface area contributed by atoms with E-state index in [1.165, 1.54) is 11.5 Å². The van der Waals surface area contributed by atoms with Crippen molar-refractivity contribution in [3.8, 4) is 11.5 Å². The summed E-state index contributed by atoms with van der Waals surface area (Å²) in [4.78, 5) is -0.374. The second-order valence-electron chi connectivity index (χ2n) is 7.50. The van der Waals surface area contributed by atoms with Crippen LogP contribution in [-0.4, -0.2) is 47.8 Å². The van der Waals surface area contributed by atoms with E-state index in [0.717, 1.165) is 12.2 Å². The van der Waals surface area contributed by atoms with E-state index in [4.69, 9.17) is 15.3 Å². The van der Waals surface area contributed by atoms with Crippen LogP contribution in [0.3, 0.4) is 0 Å². The molecule has 0 amide bonds. The van der Waals surface area contributed by atoms with Gasteiger partial charge in [0.1, 0.15) is 11.5 Å². The molecule has 29 heavy (non-hydrogen) atoms. The molecule has 0 bridgehead atoms. The lowest BCUT2D eigenvalue weighted by atomic mass is 9.86. The number of hydrogen-bond acceptors (Lipinski definition) is 7. The van der Waals surface area contributed by atoms with Crippen LogP contribution >= 0.6 is 0 Å². The van der Waals surface area contributed by atoms with Gasteiger partial charge in [-0.25, -0.2) is 0 Å².